The molecular weight excluding hydrogens is 541 g/mol. The highest BCUT2D eigenvalue weighted by molar-refractivity contribution is 6.43. The van der Waals surface area contributed by atoms with Gasteiger partial charge in [-0.05, 0) is 30.3 Å². The van der Waals surface area contributed by atoms with Crippen molar-refractivity contribution in [1.29, 1.82) is 0 Å². The summed E-state index contributed by atoms with van der Waals surface area (Å²) in [5, 5.41) is 8.73. The smallest absolute Gasteiger partial charge is 0.294 e. The molecule has 0 atom stereocenters. The van der Waals surface area contributed by atoms with Gasteiger partial charge < -0.3 is 25.6 Å². The van der Waals surface area contributed by atoms with Crippen molar-refractivity contribution in [3.63, 3.8) is 0 Å². The lowest BCUT2D eigenvalue weighted by molar-refractivity contribution is -0.124. The van der Waals surface area contributed by atoms with Crippen LogP contribution in [0.25, 0.3) is 0 Å². The van der Waals surface area contributed by atoms with Crippen LogP contribution in [0.5, 0.6) is 0 Å². The third kappa shape index (κ3) is 7.50. The molecule has 40 heavy (non-hydrogen) atoms. The summed E-state index contributed by atoms with van der Waals surface area (Å²) in [7, 11) is 2.99. The molecule has 1 aliphatic rings. The molecule has 1 saturated heterocycles. The number of carbonyl (C=O) groups excluding carboxylic acids is 3. The first kappa shape index (κ1) is 28.9. The van der Waals surface area contributed by atoms with Gasteiger partial charge >= 0.3 is 0 Å². The lowest BCUT2D eigenvalue weighted by atomic mass is 10.1. The van der Waals surface area contributed by atoms with Crippen LogP contribution < -0.4 is 16.0 Å². The first-order chi connectivity index (χ1) is 19.2. The minimum Gasteiger partial charge on any atom is -0.379 e. The fraction of sp³-hybridized carbons (Fsp3) is 0.296. The van der Waals surface area contributed by atoms with E-state index in [1.807, 2.05) is 0 Å². The van der Waals surface area contributed by atoms with Crippen LogP contribution in [0.2, 0.25) is 5.02 Å². The Morgan fingerprint density at radius 3 is 2.58 bits per heavy atom. The molecular formula is C27H29ClFN7O4. The number of anilines is 5. The number of nitrogens with zero attached hydrogens (tertiary/aromatic N) is 4. The van der Waals surface area contributed by atoms with Crippen molar-refractivity contribution in [1.82, 2.24) is 19.8 Å². The number of ketones is 1. The lowest BCUT2D eigenvalue weighted by Crippen LogP contribution is -2.38. The average Bonchev–Trinajstić information content (AvgIpc) is 2.95. The zero-order valence-corrected chi connectivity index (χ0v) is 22.8. The van der Waals surface area contributed by atoms with Gasteiger partial charge in [0.25, 0.3) is 11.7 Å². The molecule has 0 saturated carbocycles. The van der Waals surface area contributed by atoms with E-state index < -0.39 is 17.5 Å². The highest BCUT2D eigenvalue weighted by Crippen LogP contribution is 2.28. The molecule has 210 valence electrons. The highest BCUT2D eigenvalue weighted by atomic mass is 35.5. The van der Waals surface area contributed by atoms with E-state index in [0.29, 0.717) is 31.1 Å². The lowest BCUT2D eigenvalue weighted by Gasteiger charge is -2.26. The molecule has 0 unspecified atom stereocenters. The van der Waals surface area contributed by atoms with Crippen LogP contribution in [0.4, 0.5) is 33.2 Å². The molecule has 1 aromatic heterocycles. The molecule has 3 N–H and O–H groups in total. The minimum absolute atomic E-state index is 0.0160. The van der Waals surface area contributed by atoms with Gasteiger partial charge in [0.05, 0.1) is 36.3 Å². The van der Waals surface area contributed by atoms with E-state index in [4.69, 9.17) is 16.3 Å². The van der Waals surface area contributed by atoms with E-state index in [0.717, 1.165) is 13.1 Å². The third-order valence-electron chi connectivity index (χ3n) is 6.02. The van der Waals surface area contributed by atoms with Crippen molar-refractivity contribution in [3.05, 3.63) is 65.1 Å². The Morgan fingerprint density at radius 2 is 1.82 bits per heavy atom. The van der Waals surface area contributed by atoms with Crippen LogP contribution >= 0.6 is 11.6 Å². The maximum atomic E-state index is 14.5. The van der Waals surface area contributed by atoms with Crippen molar-refractivity contribution < 1.29 is 23.5 Å². The van der Waals surface area contributed by atoms with Crippen LogP contribution in [-0.2, 0) is 14.3 Å². The molecule has 1 aliphatic heterocycles. The molecule has 4 rings (SSSR count). The molecule has 13 heteroatoms. The van der Waals surface area contributed by atoms with Crippen LogP contribution in [0.1, 0.15) is 16.8 Å². The second-order valence-corrected chi connectivity index (χ2v) is 9.57. The predicted molar refractivity (Wildman–Crippen MR) is 150 cm³/mol. The topological polar surface area (TPSA) is 129 Å². The van der Waals surface area contributed by atoms with Crippen molar-refractivity contribution in [2.24, 2.45) is 0 Å². The predicted octanol–water partition coefficient (Wildman–Crippen LogP) is 3.69. The summed E-state index contributed by atoms with van der Waals surface area (Å²) >= 11 is 6.30. The number of hydrogen-bond donors (Lipinski definition) is 3. The van der Waals surface area contributed by atoms with E-state index in [1.165, 1.54) is 49.5 Å². The number of ether oxygens (including phenoxy) is 1. The van der Waals surface area contributed by atoms with Gasteiger partial charge in [-0.2, -0.15) is 4.98 Å². The van der Waals surface area contributed by atoms with E-state index in [2.05, 4.69) is 30.8 Å². The number of carbonyl (C=O) groups is 3. The van der Waals surface area contributed by atoms with Gasteiger partial charge in [-0.1, -0.05) is 23.7 Å². The fourth-order valence-corrected chi connectivity index (χ4v) is 4.01. The summed E-state index contributed by atoms with van der Waals surface area (Å²) < 4.78 is 19.8. The second-order valence-electron chi connectivity index (χ2n) is 9.16. The molecule has 1 fully saturated rings. The highest BCUT2D eigenvalue weighted by Gasteiger charge is 2.22. The van der Waals surface area contributed by atoms with Crippen molar-refractivity contribution in [2.75, 3.05) is 62.9 Å². The third-order valence-corrected chi connectivity index (χ3v) is 6.30. The number of likely N-dealkylation sites (N-methyl/N-ethyl adjacent to an activating group) is 1. The number of morpholine rings is 1. The van der Waals surface area contributed by atoms with Crippen LogP contribution in [0, 0.1) is 5.82 Å². The van der Waals surface area contributed by atoms with Crippen LogP contribution in [-0.4, -0.2) is 84.3 Å². The first-order valence-corrected chi connectivity index (χ1v) is 12.9. The van der Waals surface area contributed by atoms with E-state index in [1.54, 1.807) is 18.2 Å². The Bertz CT molecular complexity index is 1400. The Hall–Kier alpha value is -4.13. The summed E-state index contributed by atoms with van der Waals surface area (Å²) in [6.07, 6.45) is 1.57. The molecule has 0 bridgehead atoms. The van der Waals surface area contributed by atoms with Gasteiger partial charge in [0, 0.05) is 45.8 Å². The summed E-state index contributed by atoms with van der Waals surface area (Å²) in [5.74, 6) is -1.96. The van der Waals surface area contributed by atoms with Crippen LogP contribution in [0.15, 0.2) is 48.7 Å². The molecule has 0 spiro atoms. The number of para-hydroxylation sites is 1. The monoisotopic (exact) mass is 569 g/mol. The normalized spacial score (nSPS) is 13.4. The summed E-state index contributed by atoms with van der Waals surface area (Å²) in [6.45, 7) is 3.34. The number of benzene rings is 2. The maximum Gasteiger partial charge on any atom is 0.294 e. The molecule has 0 aliphatic carbocycles. The number of nitrogens with one attached hydrogen (secondary N) is 3. The van der Waals surface area contributed by atoms with E-state index in [9.17, 15) is 18.8 Å². The van der Waals surface area contributed by atoms with Gasteiger partial charge in [-0.15, -0.1) is 0 Å². The fourth-order valence-electron chi connectivity index (χ4n) is 3.88. The van der Waals surface area contributed by atoms with Crippen LogP contribution in [0.3, 0.4) is 0 Å². The van der Waals surface area contributed by atoms with Gasteiger partial charge in [0.15, 0.2) is 5.82 Å². The molecule has 2 heterocycles. The first-order valence-electron chi connectivity index (χ1n) is 12.5. The number of aromatic nitrogens is 2. The Labute approximate surface area is 235 Å². The number of Topliss-reactive ketones (excluding diaryl/α,β-unsaturated/α-hetero) is 1. The van der Waals surface area contributed by atoms with Gasteiger partial charge in [0.2, 0.25) is 11.9 Å². The molecule has 0 radical (unpaired) electrons. The van der Waals surface area contributed by atoms with E-state index >= 15 is 0 Å². The minimum atomic E-state index is -0.692. The van der Waals surface area contributed by atoms with Crippen molar-refractivity contribution in [2.45, 2.75) is 6.42 Å². The molecule has 2 aromatic carbocycles. The van der Waals surface area contributed by atoms with Gasteiger partial charge in [0.1, 0.15) is 10.8 Å². The number of halogens is 2. The summed E-state index contributed by atoms with van der Waals surface area (Å²) in [5.41, 5.74) is 0.920. The van der Waals surface area contributed by atoms with Gasteiger partial charge in [-0.25, -0.2) is 9.37 Å². The number of amides is 2. The largest absolute Gasteiger partial charge is 0.379 e. The van der Waals surface area contributed by atoms with Gasteiger partial charge in [-0.3, -0.25) is 19.3 Å². The standard InChI is InChI=1S/C27H29ClFN7O4/c1-35(2)26(39)24(38)18-5-3-4-6-21(18)33-25-19(28)16-30-27(34-25)31-17-7-8-20(29)22(15-17)32-23(37)9-10-36-11-13-40-14-12-36/h3-8,15-16H,9-14H2,1-2H3,(H,32,37)(H2,30,31,33,34). The summed E-state index contributed by atoms with van der Waals surface area (Å²) in [6, 6.07) is 10.6. The van der Waals surface area contributed by atoms with E-state index in [-0.39, 0.29) is 40.4 Å². The zero-order chi connectivity index (χ0) is 28.6. The molecule has 3 aromatic rings. The summed E-state index contributed by atoms with van der Waals surface area (Å²) in [4.78, 5) is 49.2. The Balaban J connectivity index is 1.46. The molecule has 2 amide bonds. The second kappa shape index (κ2) is 13.3. The SMILES string of the molecule is CN(C)C(=O)C(=O)c1ccccc1Nc1nc(Nc2ccc(F)c(NC(=O)CCN3CCOCC3)c2)ncc1Cl. The molecule has 11 nitrogen and oxygen atoms in total. The maximum absolute atomic E-state index is 14.5. The van der Waals surface area contributed by atoms with Crippen molar-refractivity contribution >= 4 is 58.0 Å². The Kier molecular flexibility index (Phi) is 9.59. The number of rotatable bonds is 10. The van der Waals surface area contributed by atoms with Crippen molar-refractivity contribution in [3.8, 4) is 0 Å². The quantitative estimate of drug-likeness (QED) is 0.247. The Morgan fingerprint density at radius 1 is 1.07 bits per heavy atom. The average molecular weight is 570 g/mol. The zero-order valence-electron chi connectivity index (χ0n) is 22.0. The number of hydrogen-bond acceptors (Lipinski definition) is 9.